The highest BCUT2D eigenvalue weighted by molar-refractivity contribution is 5.94. The minimum Gasteiger partial charge on any atom is -0.491 e. The molecule has 0 unspecified atom stereocenters. The van der Waals surface area contributed by atoms with Gasteiger partial charge in [-0.1, -0.05) is 0 Å². The maximum Gasteiger partial charge on any atom is 0.306 e. The summed E-state index contributed by atoms with van der Waals surface area (Å²) in [5.41, 5.74) is 0.556. The van der Waals surface area contributed by atoms with Gasteiger partial charge in [-0.15, -0.1) is 0 Å². The van der Waals surface area contributed by atoms with Crippen LogP contribution in [0.1, 0.15) is 29.6 Å². The maximum absolute atomic E-state index is 12.6. The Bertz CT molecular complexity index is 596. The fraction of sp³-hybridized carbons (Fsp3) is 0.556. The van der Waals surface area contributed by atoms with Gasteiger partial charge in [-0.05, 0) is 37.1 Å². The van der Waals surface area contributed by atoms with Crippen molar-refractivity contribution in [1.29, 1.82) is 0 Å². The van der Waals surface area contributed by atoms with Crippen molar-refractivity contribution in [3.05, 3.63) is 29.8 Å². The predicted octanol–water partition coefficient (Wildman–Crippen LogP) is 1.56. The number of carbonyl (C=O) groups excluding carboxylic acids is 1. The molecule has 1 aromatic carbocycles. The summed E-state index contributed by atoms with van der Waals surface area (Å²) in [6.07, 6.45) is 1.69. The summed E-state index contributed by atoms with van der Waals surface area (Å²) >= 11 is 0. The molecule has 25 heavy (non-hydrogen) atoms. The monoisotopic (exact) mass is 349 g/mol. The number of morpholine rings is 1. The highest BCUT2D eigenvalue weighted by Crippen LogP contribution is 2.18. The summed E-state index contributed by atoms with van der Waals surface area (Å²) in [5, 5.41) is 8.86. The van der Waals surface area contributed by atoms with Crippen molar-refractivity contribution < 1.29 is 28.9 Å². The molecule has 0 radical (unpaired) electrons. The second-order valence-electron chi connectivity index (χ2n) is 6.31. The Labute approximate surface area is 146 Å². The molecule has 2 atom stereocenters. The molecule has 0 aromatic heterocycles. The summed E-state index contributed by atoms with van der Waals surface area (Å²) < 4.78 is 16.6. The molecule has 136 valence electrons. The Kier molecular flexibility index (Phi) is 5.88. The normalized spacial score (nSPS) is 23.4. The summed E-state index contributed by atoms with van der Waals surface area (Å²) in [6, 6.07) is 7.01. The van der Waals surface area contributed by atoms with Crippen molar-refractivity contribution in [3.8, 4) is 5.75 Å². The van der Waals surface area contributed by atoms with E-state index in [1.54, 1.807) is 29.2 Å². The molecular formula is C18H23NO6. The van der Waals surface area contributed by atoms with Crippen LogP contribution in [-0.4, -0.2) is 67.0 Å². The number of carboxylic acids is 1. The van der Waals surface area contributed by atoms with E-state index in [1.807, 2.05) is 0 Å². The molecule has 7 heteroatoms. The third-order valence-electron chi connectivity index (χ3n) is 4.39. The molecule has 0 aliphatic carbocycles. The molecule has 2 saturated heterocycles. The lowest BCUT2D eigenvalue weighted by Crippen LogP contribution is -2.46. The summed E-state index contributed by atoms with van der Waals surface area (Å²) in [5.74, 6) is -0.339. The van der Waals surface area contributed by atoms with E-state index in [1.165, 1.54) is 0 Å². The van der Waals surface area contributed by atoms with E-state index < -0.39 is 12.1 Å². The van der Waals surface area contributed by atoms with Gasteiger partial charge < -0.3 is 24.2 Å². The van der Waals surface area contributed by atoms with E-state index in [0.29, 0.717) is 37.6 Å². The molecule has 7 nitrogen and oxygen atoms in total. The van der Waals surface area contributed by atoms with Gasteiger partial charge in [-0.2, -0.15) is 0 Å². The molecule has 2 aliphatic rings. The van der Waals surface area contributed by atoms with E-state index in [9.17, 15) is 9.59 Å². The Morgan fingerprint density at radius 2 is 1.92 bits per heavy atom. The van der Waals surface area contributed by atoms with Gasteiger partial charge >= 0.3 is 5.97 Å². The van der Waals surface area contributed by atoms with Crippen molar-refractivity contribution in [1.82, 2.24) is 4.90 Å². The number of amides is 1. The molecule has 1 N–H and O–H groups in total. The molecule has 1 amide bonds. The average Bonchev–Trinajstić information content (AvgIpc) is 3.13. The van der Waals surface area contributed by atoms with Crippen LogP contribution in [0.3, 0.4) is 0 Å². The summed E-state index contributed by atoms with van der Waals surface area (Å²) in [7, 11) is 0. The second-order valence-corrected chi connectivity index (χ2v) is 6.31. The Morgan fingerprint density at radius 3 is 2.60 bits per heavy atom. The summed E-state index contributed by atoms with van der Waals surface area (Å²) in [6.45, 7) is 2.43. The van der Waals surface area contributed by atoms with Crippen molar-refractivity contribution in [2.24, 2.45) is 0 Å². The zero-order valence-electron chi connectivity index (χ0n) is 14.1. The smallest absolute Gasteiger partial charge is 0.306 e. The van der Waals surface area contributed by atoms with Gasteiger partial charge in [-0.25, -0.2) is 0 Å². The van der Waals surface area contributed by atoms with Crippen LogP contribution in [0.15, 0.2) is 24.3 Å². The van der Waals surface area contributed by atoms with Gasteiger partial charge in [0.05, 0.1) is 25.2 Å². The fourth-order valence-electron chi connectivity index (χ4n) is 3.06. The number of hydrogen-bond acceptors (Lipinski definition) is 5. The minimum absolute atomic E-state index is 0.0974. The highest BCUT2D eigenvalue weighted by atomic mass is 16.5. The van der Waals surface area contributed by atoms with Crippen LogP contribution < -0.4 is 4.74 Å². The minimum atomic E-state index is -0.924. The first-order chi connectivity index (χ1) is 12.1. The SMILES string of the molecule is O=C(O)C[C@H]1CN(C(=O)c2ccc(OC[C@H]3CCCO3)cc2)CCO1. The first-order valence-electron chi connectivity index (χ1n) is 8.59. The molecule has 2 fully saturated rings. The van der Waals surface area contributed by atoms with E-state index >= 15 is 0 Å². The van der Waals surface area contributed by atoms with Crippen LogP contribution in [0.2, 0.25) is 0 Å². The van der Waals surface area contributed by atoms with Gasteiger partial charge in [-0.3, -0.25) is 9.59 Å². The van der Waals surface area contributed by atoms with E-state index in [4.69, 9.17) is 19.3 Å². The standard InChI is InChI=1S/C18H23NO6/c20-17(21)10-16-11-19(7-9-24-16)18(22)13-3-5-14(6-4-13)25-12-15-2-1-8-23-15/h3-6,15-16H,1-2,7-12H2,(H,20,21)/t15-,16+/m1/s1. The van der Waals surface area contributed by atoms with Crippen LogP contribution in [0.4, 0.5) is 0 Å². The van der Waals surface area contributed by atoms with Gasteiger partial charge in [0.1, 0.15) is 12.4 Å². The zero-order valence-corrected chi connectivity index (χ0v) is 14.1. The van der Waals surface area contributed by atoms with Crippen molar-refractivity contribution >= 4 is 11.9 Å². The van der Waals surface area contributed by atoms with Crippen LogP contribution in [-0.2, 0) is 14.3 Å². The van der Waals surface area contributed by atoms with E-state index in [0.717, 1.165) is 19.4 Å². The Hall–Kier alpha value is -2.12. The number of hydrogen-bond donors (Lipinski definition) is 1. The number of rotatable bonds is 6. The topological polar surface area (TPSA) is 85.3 Å². The highest BCUT2D eigenvalue weighted by Gasteiger charge is 2.26. The second kappa shape index (κ2) is 8.31. The van der Waals surface area contributed by atoms with Crippen LogP contribution in [0.25, 0.3) is 0 Å². The number of carbonyl (C=O) groups is 2. The van der Waals surface area contributed by atoms with Crippen molar-refractivity contribution in [2.75, 3.05) is 32.9 Å². The van der Waals surface area contributed by atoms with E-state index in [-0.39, 0.29) is 18.4 Å². The van der Waals surface area contributed by atoms with Crippen LogP contribution in [0.5, 0.6) is 5.75 Å². The fourth-order valence-corrected chi connectivity index (χ4v) is 3.06. The lowest BCUT2D eigenvalue weighted by atomic mass is 10.1. The molecule has 0 bridgehead atoms. The largest absolute Gasteiger partial charge is 0.491 e. The molecule has 0 spiro atoms. The number of benzene rings is 1. The van der Waals surface area contributed by atoms with Gasteiger partial charge in [0.15, 0.2) is 0 Å². The first-order valence-corrected chi connectivity index (χ1v) is 8.59. The van der Waals surface area contributed by atoms with Gasteiger partial charge in [0, 0.05) is 25.3 Å². The van der Waals surface area contributed by atoms with Gasteiger partial charge in [0.2, 0.25) is 0 Å². The van der Waals surface area contributed by atoms with Gasteiger partial charge in [0.25, 0.3) is 5.91 Å². The molecule has 3 rings (SSSR count). The number of aliphatic carboxylic acids is 1. The Balaban J connectivity index is 1.53. The van der Waals surface area contributed by atoms with Crippen molar-refractivity contribution in [2.45, 2.75) is 31.5 Å². The maximum atomic E-state index is 12.6. The number of ether oxygens (including phenoxy) is 3. The first kappa shape index (κ1) is 17.7. The third kappa shape index (κ3) is 4.93. The molecule has 1 aromatic rings. The third-order valence-corrected chi connectivity index (χ3v) is 4.39. The van der Waals surface area contributed by atoms with Crippen LogP contribution in [0, 0.1) is 0 Å². The van der Waals surface area contributed by atoms with Crippen molar-refractivity contribution in [3.63, 3.8) is 0 Å². The zero-order chi connectivity index (χ0) is 17.6. The molecular weight excluding hydrogens is 326 g/mol. The number of carboxylic acid groups (broad SMARTS) is 1. The lowest BCUT2D eigenvalue weighted by molar-refractivity contribution is -0.141. The summed E-state index contributed by atoms with van der Waals surface area (Å²) in [4.78, 5) is 25.0. The molecule has 2 heterocycles. The van der Waals surface area contributed by atoms with E-state index in [2.05, 4.69) is 0 Å². The molecule has 2 aliphatic heterocycles. The number of nitrogens with zero attached hydrogens (tertiary/aromatic N) is 1. The quantitative estimate of drug-likeness (QED) is 0.839. The average molecular weight is 349 g/mol. The van der Waals surface area contributed by atoms with Crippen LogP contribution >= 0.6 is 0 Å². The molecule has 0 saturated carbocycles. The predicted molar refractivity (Wildman–Crippen MR) is 88.8 cm³/mol. The Morgan fingerprint density at radius 1 is 1.16 bits per heavy atom. The lowest BCUT2D eigenvalue weighted by Gasteiger charge is -2.32.